The number of allylic oxidation sites excluding steroid dienone is 3. The van der Waals surface area contributed by atoms with Crippen molar-refractivity contribution in [2.24, 2.45) is 9.63 Å². The number of nitrogens with zero attached hydrogens (tertiary/aromatic N) is 3. The second-order valence-electron chi connectivity index (χ2n) is 4.01. The van der Waals surface area contributed by atoms with E-state index in [1.54, 1.807) is 48.6 Å². The fourth-order valence-electron chi connectivity index (χ4n) is 1.52. The van der Waals surface area contributed by atoms with Crippen LogP contribution in [0.1, 0.15) is 5.56 Å². The zero-order chi connectivity index (χ0) is 14.4. The average molecular weight is 291 g/mol. The van der Waals surface area contributed by atoms with Gasteiger partial charge >= 0.3 is 0 Å². The summed E-state index contributed by atoms with van der Waals surface area (Å²) in [6.45, 7) is 0. The molecule has 1 aliphatic heterocycles. The first-order valence-electron chi connectivity index (χ1n) is 5.79. The minimum atomic E-state index is -3.68. The number of benzene rings is 1. The van der Waals surface area contributed by atoms with Crippen molar-refractivity contribution in [2.45, 2.75) is 5.75 Å². The van der Waals surface area contributed by atoms with E-state index >= 15 is 0 Å². The maximum absolute atomic E-state index is 11.7. The van der Waals surface area contributed by atoms with Crippen molar-refractivity contribution in [3.8, 4) is 0 Å². The van der Waals surface area contributed by atoms with E-state index in [2.05, 4.69) is 9.63 Å². The van der Waals surface area contributed by atoms with Crippen LogP contribution in [0.25, 0.3) is 0 Å². The Morgan fingerprint density at radius 1 is 1.20 bits per heavy atom. The second kappa shape index (κ2) is 6.27. The highest BCUT2D eigenvalue weighted by molar-refractivity contribution is 7.89. The summed E-state index contributed by atoms with van der Waals surface area (Å²) in [7, 11) is -3.68. The maximum Gasteiger partial charge on any atom is 0.274 e. The lowest BCUT2D eigenvalue weighted by Gasteiger charge is -2.13. The molecule has 1 N–H and O–H groups in total. The molecule has 0 aliphatic carbocycles. The van der Waals surface area contributed by atoms with Gasteiger partial charge in [-0.2, -0.15) is 0 Å². The molecule has 104 valence electrons. The second-order valence-corrected chi connectivity index (χ2v) is 5.62. The van der Waals surface area contributed by atoms with Gasteiger partial charge in [0.25, 0.3) is 10.0 Å². The van der Waals surface area contributed by atoms with E-state index in [0.717, 1.165) is 5.06 Å². The minimum Gasteiger partial charge on any atom is -0.284 e. The van der Waals surface area contributed by atoms with Crippen LogP contribution in [-0.2, 0) is 15.8 Å². The van der Waals surface area contributed by atoms with E-state index < -0.39 is 10.0 Å². The highest BCUT2D eigenvalue weighted by atomic mass is 32.2. The van der Waals surface area contributed by atoms with Crippen LogP contribution in [0.4, 0.5) is 0 Å². The number of hydrogen-bond donors (Lipinski definition) is 1. The number of rotatable bonds is 4. The Hall–Kier alpha value is -2.25. The van der Waals surface area contributed by atoms with Crippen molar-refractivity contribution in [3.63, 3.8) is 0 Å². The van der Waals surface area contributed by atoms with E-state index in [9.17, 15) is 13.6 Å². The Balaban J connectivity index is 2.05. The molecule has 0 fully saturated rings. The van der Waals surface area contributed by atoms with Gasteiger partial charge in [-0.25, -0.2) is 13.5 Å². The molecule has 0 bridgehead atoms. The SMILES string of the molecule is O=S(=O)(Cc1ccccc1)N=NC=C1C=CC=CN1O. The molecule has 7 heteroatoms. The molecule has 0 radical (unpaired) electrons. The lowest BCUT2D eigenvalue weighted by molar-refractivity contribution is -0.000512. The third-order valence-corrected chi connectivity index (χ3v) is 3.46. The molecule has 0 amide bonds. The van der Waals surface area contributed by atoms with Crippen molar-refractivity contribution < 1.29 is 13.6 Å². The van der Waals surface area contributed by atoms with Gasteiger partial charge in [-0.1, -0.05) is 40.9 Å². The Bertz CT molecular complexity index is 676. The number of hydrogen-bond acceptors (Lipinski definition) is 5. The van der Waals surface area contributed by atoms with Crippen molar-refractivity contribution in [1.29, 1.82) is 0 Å². The van der Waals surface area contributed by atoms with E-state index in [4.69, 9.17) is 0 Å². The van der Waals surface area contributed by atoms with Crippen LogP contribution in [0.3, 0.4) is 0 Å². The molecular formula is C13H13N3O3S. The summed E-state index contributed by atoms with van der Waals surface area (Å²) in [4.78, 5) is 0. The Kier molecular flexibility index (Phi) is 4.44. The van der Waals surface area contributed by atoms with Crippen molar-refractivity contribution >= 4 is 10.0 Å². The summed E-state index contributed by atoms with van der Waals surface area (Å²) in [5.74, 6) is -0.209. The number of sulfonamides is 1. The molecule has 0 spiro atoms. The topological polar surface area (TPSA) is 82.3 Å². The molecule has 6 nitrogen and oxygen atoms in total. The zero-order valence-corrected chi connectivity index (χ0v) is 11.3. The third-order valence-electron chi connectivity index (χ3n) is 2.42. The molecule has 0 atom stereocenters. The largest absolute Gasteiger partial charge is 0.284 e. The highest BCUT2D eigenvalue weighted by Crippen LogP contribution is 2.11. The van der Waals surface area contributed by atoms with Gasteiger partial charge in [0.1, 0.15) is 0 Å². The molecule has 2 rings (SSSR count). The Labute approximate surface area is 117 Å². The fraction of sp³-hybridized carbons (Fsp3) is 0.0769. The predicted octanol–water partition coefficient (Wildman–Crippen LogP) is 2.58. The number of hydroxylamine groups is 2. The quantitative estimate of drug-likeness (QED) is 0.864. The van der Waals surface area contributed by atoms with Gasteiger partial charge in [-0.3, -0.25) is 5.21 Å². The molecule has 0 unspecified atom stereocenters. The van der Waals surface area contributed by atoms with Crippen molar-refractivity contribution in [3.05, 3.63) is 72.2 Å². The summed E-state index contributed by atoms with van der Waals surface area (Å²) < 4.78 is 26.8. The standard InChI is InChI=1S/C13H13N3O3S/c17-16-9-5-4-8-13(16)10-14-15-20(18,19)11-12-6-2-1-3-7-12/h1-10,17H,11H2. The normalized spacial score (nSPS) is 17.2. The van der Waals surface area contributed by atoms with Crippen LogP contribution < -0.4 is 0 Å². The summed E-state index contributed by atoms with van der Waals surface area (Å²) in [5.41, 5.74) is 0.967. The molecule has 0 aromatic heterocycles. The summed E-state index contributed by atoms with van der Waals surface area (Å²) in [6, 6.07) is 8.73. The zero-order valence-electron chi connectivity index (χ0n) is 10.5. The molecule has 20 heavy (non-hydrogen) atoms. The average Bonchev–Trinajstić information content (AvgIpc) is 2.41. The van der Waals surface area contributed by atoms with Crippen molar-refractivity contribution in [2.75, 3.05) is 0 Å². The molecule has 0 saturated carbocycles. The maximum atomic E-state index is 11.7. The van der Waals surface area contributed by atoms with Gasteiger partial charge < -0.3 is 0 Å². The first kappa shape index (κ1) is 14.2. The van der Waals surface area contributed by atoms with E-state index in [1.165, 1.54) is 12.4 Å². The van der Waals surface area contributed by atoms with E-state index in [-0.39, 0.29) is 5.75 Å². The first-order valence-corrected chi connectivity index (χ1v) is 7.40. The summed E-state index contributed by atoms with van der Waals surface area (Å²) >= 11 is 0. The minimum absolute atomic E-state index is 0.209. The molecule has 1 aromatic rings. The van der Waals surface area contributed by atoms with Crippen molar-refractivity contribution in [1.82, 2.24) is 5.06 Å². The first-order chi connectivity index (χ1) is 9.57. The summed E-state index contributed by atoms with van der Waals surface area (Å²) in [6.07, 6.45) is 7.46. The van der Waals surface area contributed by atoms with Crippen LogP contribution in [-0.4, -0.2) is 18.7 Å². The van der Waals surface area contributed by atoms with Gasteiger partial charge in [-0.15, -0.1) is 5.11 Å². The third kappa shape index (κ3) is 4.15. The lowest BCUT2D eigenvalue weighted by atomic mass is 10.2. The molecule has 1 aromatic carbocycles. The van der Waals surface area contributed by atoms with E-state index in [1.807, 2.05) is 0 Å². The Morgan fingerprint density at radius 3 is 2.65 bits per heavy atom. The van der Waals surface area contributed by atoms with Gasteiger partial charge in [0, 0.05) is 6.20 Å². The smallest absolute Gasteiger partial charge is 0.274 e. The van der Waals surface area contributed by atoms with Crippen LogP contribution in [0.15, 0.2) is 76.3 Å². The monoisotopic (exact) mass is 291 g/mol. The molecule has 1 heterocycles. The molecule has 0 saturated heterocycles. The van der Waals surface area contributed by atoms with Crippen LogP contribution in [0.2, 0.25) is 0 Å². The summed E-state index contributed by atoms with van der Waals surface area (Å²) in [5, 5.41) is 13.7. The van der Waals surface area contributed by atoms with Gasteiger partial charge in [-0.05, 0) is 17.7 Å². The van der Waals surface area contributed by atoms with Gasteiger partial charge in [0.2, 0.25) is 0 Å². The molecule has 1 aliphatic rings. The molecular weight excluding hydrogens is 278 g/mol. The van der Waals surface area contributed by atoms with Crippen LogP contribution in [0, 0.1) is 0 Å². The van der Waals surface area contributed by atoms with Gasteiger partial charge in [0.05, 0.1) is 17.6 Å². The fourth-order valence-corrected chi connectivity index (χ4v) is 2.38. The predicted molar refractivity (Wildman–Crippen MR) is 73.9 cm³/mol. The Morgan fingerprint density at radius 2 is 1.95 bits per heavy atom. The van der Waals surface area contributed by atoms with Crippen LogP contribution >= 0.6 is 0 Å². The highest BCUT2D eigenvalue weighted by Gasteiger charge is 2.09. The van der Waals surface area contributed by atoms with Gasteiger partial charge in [0.15, 0.2) is 0 Å². The lowest BCUT2D eigenvalue weighted by Crippen LogP contribution is -2.10. The van der Waals surface area contributed by atoms with Crippen LogP contribution in [0.5, 0.6) is 0 Å². The van der Waals surface area contributed by atoms with E-state index in [0.29, 0.717) is 11.3 Å².